The van der Waals surface area contributed by atoms with Gasteiger partial charge in [-0.05, 0) is 11.8 Å². The van der Waals surface area contributed by atoms with Gasteiger partial charge in [0.25, 0.3) is 0 Å². The Labute approximate surface area is 162 Å². The summed E-state index contributed by atoms with van der Waals surface area (Å²) in [6.07, 6.45) is 21.2. The first-order chi connectivity index (χ1) is 8.59. The molecule has 0 N–H and O–H groups in total. The number of halogens is 2. The van der Waals surface area contributed by atoms with Gasteiger partial charge in [-0.3, -0.25) is 12.2 Å². The second-order valence-electron chi connectivity index (χ2n) is 6.37. The molecule has 0 aliphatic heterocycles. The van der Waals surface area contributed by atoms with E-state index in [-0.39, 0.29) is 51.0 Å². The van der Waals surface area contributed by atoms with E-state index in [0.717, 1.165) is 6.42 Å². The Morgan fingerprint density at radius 3 is 2.24 bits per heavy atom. The molecule has 0 amide bonds. The van der Waals surface area contributed by atoms with Gasteiger partial charge in [0.05, 0.1) is 0 Å². The van der Waals surface area contributed by atoms with Gasteiger partial charge in [0.1, 0.15) is 0 Å². The van der Waals surface area contributed by atoms with Gasteiger partial charge >= 0.3 is 26.2 Å². The van der Waals surface area contributed by atoms with Gasteiger partial charge in [0, 0.05) is 0 Å². The van der Waals surface area contributed by atoms with Crippen LogP contribution in [0, 0.1) is 23.5 Å². The van der Waals surface area contributed by atoms with Crippen molar-refractivity contribution in [2.75, 3.05) is 0 Å². The molecule has 3 heteroatoms. The smallest absolute Gasteiger partial charge is 1.00 e. The summed E-state index contributed by atoms with van der Waals surface area (Å²) < 4.78 is 0. The zero-order valence-corrected chi connectivity index (χ0v) is 17.1. The first kappa shape index (κ1) is 23.7. The van der Waals surface area contributed by atoms with E-state index in [4.69, 9.17) is 0 Å². The molecule has 0 aromatic carbocycles. The zero-order chi connectivity index (χ0) is 13.0. The molecule has 3 rings (SSSR count). The summed E-state index contributed by atoms with van der Waals surface area (Å²) in [7, 11) is 0. The van der Waals surface area contributed by atoms with E-state index in [9.17, 15) is 0 Å². The number of allylic oxidation sites excluding steroid dienone is 8. The summed E-state index contributed by atoms with van der Waals surface area (Å²) >= 11 is 0. The Hall–Kier alpha value is 0.423. The van der Waals surface area contributed by atoms with Crippen LogP contribution >= 0.6 is 0 Å². The minimum Gasteiger partial charge on any atom is -1.00 e. The van der Waals surface area contributed by atoms with Crippen LogP contribution in [0.3, 0.4) is 0 Å². The molecule has 0 heterocycles. The topological polar surface area (TPSA) is 0 Å². The van der Waals surface area contributed by atoms with Crippen molar-refractivity contribution in [3.63, 3.8) is 0 Å². The van der Waals surface area contributed by atoms with Gasteiger partial charge in [0.15, 0.2) is 0 Å². The summed E-state index contributed by atoms with van der Waals surface area (Å²) in [5.41, 5.74) is 3.66. The van der Waals surface area contributed by atoms with Crippen LogP contribution in [0.15, 0.2) is 35.5 Å². The molecule has 0 saturated heterocycles. The van der Waals surface area contributed by atoms with Gasteiger partial charge in [-0.2, -0.15) is 17.2 Å². The zero-order valence-electron chi connectivity index (χ0n) is 13.2. The minimum atomic E-state index is 0. The fourth-order valence-corrected chi connectivity index (χ4v) is 2.84. The van der Waals surface area contributed by atoms with Crippen LogP contribution in [0.4, 0.5) is 0 Å². The third kappa shape index (κ3) is 7.02. The van der Waals surface area contributed by atoms with Crippen LogP contribution in [0.5, 0.6) is 0 Å². The average Bonchev–Trinajstić information content (AvgIpc) is 3.01. The van der Waals surface area contributed by atoms with Crippen molar-refractivity contribution >= 4 is 0 Å². The molecular weight excluding hydrogens is 378 g/mol. The van der Waals surface area contributed by atoms with Crippen molar-refractivity contribution in [1.82, 2.24) is 0 Å². The van der Waals surface area contributed by atoms with Gasteiger partial charge < -0.3 is 24.8 Å². The van der Waals surface area contributed by atoms with E-state index in [1.54, 1.807) is 11.1 Å². The second-order valence-corrected chi connectivity index (χ2v) is 6.37. The Morgan fingerprint density at radius 2 is 1.76 bits per heavy atom. The van der Waals surface area contributed by atoms with E-state index < -0.39 is 0 Å². The fraction of sp³-hybridized carbons (Fsp3) is 0.556. The van der Waals surface area contributed by atoms with Crippen LogP contribution in [0.2, 0.25) is 0 Å². The standard InChI is InChI=1S/C13H19.C5H5.2ClH.Zr/c1-13(2,3)12-9-8-10-6-4-5-7-11(10)12;1-2-4-5-3-1;;;/h8,12H,4-7H2,1-3H3;1-3H,4H2;2*1H;/q2*-1;;;+4/p-2. The largest absolute Gasteiger partial charge is 4.00 e. The van der Waals surface area contributed by atoms with Crippen molar-refractivity contribution in [2.24, 2.45) is 11.3 Å². The summed E-state index contributed by atoms with van der Waals surface area (Å²) in [6, 6.07) is 0. The first-order valence-electron chi connectivity index (χ1n) is 7.12. The Bertz CT molecular complexity index is 401. The molecule has 0 fully saturated rings. The normalized spacial score (nSPS) is 21.6. The molecule has 0 bridgehead atoms. The molecule has 3 aliphatic carbocycles. The third-order valence-electron chi connectivity index (χ3n) is 3.78. The van der Waals surface area contributed by atoms with E-state index in [0.29, 0.717) is 11.3 Å². The van der Waals surface area contributed by atoms with Crippen LogP contribution in [-0.4, -0.2) is 0 Å². The summed E-state index contributed by atoms with van der Waals surface area (Å²) in [4.78, 5) is 0. The van der Waals surface area contributed by atoms with E-state index in [1.807, 2.05) is 12.2 Å². The second kappa shape index (κ2) is 11.0. The van der Waals surface area contributed by atoms with Crippen LogP contribution in [-0.2, 0) is 26.2 Å². The Morgan fingerprint density at radius 1 is 1.10 bits per heavy atom. The molecular formula is C18H24Cl2Zr. The predicted molar refractivity (Wildman–Crippen MR) is 77.8 cm³/mol. The van der Waals surface area contributed by atoms with Gasteiger partial charge in [0.2, 0.25) is 0 Å². The maximum absolute atomic E-state index is 3.54. The molecule has 0 aromatic heterocycles. The van der Waals surface area contributed by atoms with Crippen LogP contribution < -0.4 is 24.8 Å². The van der Waals surface area contributed by atoms with Crippen molar-refractivity contribution in [3.8, 4) is 0 Å². The van der Waals surface area contributed by atoms with E-state index in [2.05, 4.69) is 45.1 Å². The van der Waals surface area contributed by atoms with Gasteiger partial charge in [-0.15, -0.1) is 6.42 Å². The maximum atomic E-state index is 3.54. The first-order valence-corrected chi connectivity index (χ1v) is 7.12. The summed E-state index contributed by atoms with van der Waals surface area (Å²) in [5, 5.41) is 0. The van der Waals surface area contributed by atoms with E-state index >= 15 is 0 Å². The molecule has 3 aliphatic rings. The fourth-order valence-electron chi connectivity index (χ4n) is 2.84. The van der Waals surface area contributed by atoms with Crippen molar-refractivity contribution in [2.45, 2.75) is 52.9 Å². The molecule has 0 spiro atoms. The summed E-state index contributed by atoms with van der Waals surface area (Å²) in [5.74, 6) is 0.600. The monoisotopic (exact) mass is 400 g/mol. The van der Waals surface area contributed by atoms with Crippen LogP contribution in [0.25, 0.3) is 0 Å². The van der Waals surface area contributed by atoms with Gasteiger partial charge in [-0.25, -0.2) is 18.2 Å². The molecule has 0 saturated carbocycles. The van der Waals surface area contributed by atoms with E-state index in [1.165, 1.54) is 25.7 Å². The molecule has 21 heavy (non-hydrogen) atoms. The predicted octanol–water partition coefficient (Wildman–Crippen LogP) is -0.797. The molecule has 1 unspecified atom stereocenters. The number of hydrogen-bond acceptors (Lipinski definition) is 0. The van der Waals surface area contributed by atoms with Crippen LogP contribution in [0.1, 0.15) is 52.9 Å². The SMILES string of the molecule is CC(C)(C)C1[C-]=CC2=C1CCCC2.[C-]1=CC=CC1.[Cl-].[Cl-].[Zr+4]. The number of rotatable bonds is 0. The van der Waals surface area contributed by atoms with Crippen molar-refractivity contribution in [3.05, 3.63) is 47.6 Å². The Kier molecular flexibility index (Phi) is 12.4. The Balaban J connectivity index is 0. The molecule has 0 radical (unpaired) electrons. The molecule has 1 atom stereocenters. The molecule has 0 aromatic rings. The van der Waals surface area contributed by atoms with Crippen molar-refractivity contribution < 1.29 is 51.0 Å². The average molecular weight is 403 g/mol. The minimum absolute atomic E-state index is 0. The molecule has 114 valence electrons. The van der Waals surface area contributed by atoms with Gasteiger partial charge in [-0.1, -0.05) is 46.0 Å². The third-order valence-corrected chi connectivity index (χ3v) is 3.78. The molecule has 0 nitrogen and oxygen atoms in total. The maximum Gasteiger partial charge on any atom is 4.00 e. The summed E-state index contributed by atoms with van der Waals surface area (Å²) in [6.45, 7) is 6.97. The number of hydrogen-bond donors (Lipinski definition) is 0. The van der Waals surface area contributed by atoms with Crippen molar-refractivity contribution in [1.29, 1.82) is 0 Å². The quantitative estimate of drug-likeness (QED) is 0.466.